The number of nitrogens with zero attached hydrogens (tertiary/aromatic N) is 1. The van der Waals surface area contributed by atoms with Crippen LogP contribution in [0.15, 0.2) is 24.3 Å². The van der Waals surface area contributed by atoms with Gasteiger partial charge in [-0.25, -0.2) is 0 Å². The van der Waals surface area contributed by atoms with E-state index < -0.39 is 5.97 Å². The molecule has 120 valence electrons. The molecule has 0 radical (unpaired) electrons. The number of aliphatic carboxylic acids is 1. The fourth-order valence-corrected chi connectivity index (χ4v) is 2.93. The fourth-order valence-electron chi connectivity index (χ4n) is 2.93. The van der Waals surface area contributed by atoms with Gasteiger partial charge in [0, 0.05) is 31.7 Å². The fraction of sp³-hybridized carbons (Fsp3) is 0.529. The first-order chi connectivity index (χ1) is 10.6. The molecule has 1 saturated heterocycles. The Kier molecular flexibility index (Phi) is 5.95. The van der Waals surface area contributed by atoms with Crippen LogP contribution in [-0.2, 0) is 16.1 Å². The van der Waals surface area contributed by atoms with E-state index in [-0.39, 0.29) is 18.4 Å². The third-order valence-electron chi connectivity index (χ3n) is 4.09. The van der Waals surface area contributed by atoms with E-state index in [2.05, 4.69) is 0 Å². The Morgan fingerprint density at radius 2 is 2.00 bits per heavy atom. The number of benzene rings is 1. The highest BCUT2D eigenvalue weighted by atomic mass is 16.5. The summed E-state index contributed by atoms with van der Waals surface area (Å²) in [4.78, 5) is 25.3. The van der Waals surface area contributed by atoms with Gasteiger partial charge < -0.3 is 14.7 Å². The minimum absolute atomic E-state index is 0.000874. The van der Waals surface area contributed by atoms with E-state index in [1.807, 2.05) is 29.2 Å². The normalized spacial score (nSPS) is 18.2. The first-order valence-corrected chi connectivity index (χ1v) is 7.72. The van der Waals surface area contributed by atoms with Crippen LogP contribution in [0.1, 0.15) is 48.0 Å². The molecule has 1 aromatic rings. The number of amides is 1. The number of carboxylic acid groups (broad SMARTS) is 1. The lowest BCUT2D eigenvalue weighted by Crippen LogP contribution is -2.43. The molecule has 1 heterocycles. The van der Waals surface area contributed by atoms with Crippen molar-refractivity contribution in [2.24, 2.45) is 0 Å². The van der Waals surface area contributed by atoms with Crippen LogP contribution in [0, 0.1) is 0 Å². The smallest absolute Gasteiger partial charge is 0.303 e. The first kappa shape index (κ1) is 16.5. The largest absolute Gasteiger partial charge is 0.481 e. The van der Waals surface area contributed by atoms with Gasteiger partial charge in [0.05, 0.1) is 6.61 Å². The molecule has 22 heavy (non-hydrogen) atoms. The summed E-state index contributed by atoms with van der Waals surface area (Å²) in [6, 6.07) is 7.47. The molecule has 1 aromatic carbocycles. The van der Waals surface area contributed by atoms with Crippen LogP contribution >= 0.6 is 0 Å². The highest BCUT2D eigenvalue weighted by Crippen LogP contribution is 2.23. The topological polar surface area (TPSA) is 66.8 Å². The second-order valence-electron chi connectivity index (χ2n) is 5.71. The van der Waals surface area contributed by atoms with Gasteiger partial charge in [0.15, 0.2) is 0 Å². The van der Waals surface area contributed by atoms with Crippen molar-refractivity contribution in [3.63, 3.8) is 0 Å². The molecule has 0 aliphatic carbocycles. The lowest BCUT2D eigenvalue weighted by molar-refractivity contribution is -0.137. The van der Waals surface area contributed by atoms with Crippen LogP contribution in [0.2, 0.25) is 0 Å². The summed E-state index contributed by atoms with van der Waals surface area (Å²) in [5.74, 6) is -0.805. The van der Waals surface area contributed by atoms with E-state index in [9.17, 15) is 9.59 Å². The van der Waals surface area contributed by atoms with E-state index in [1.54, 1.807) is 7.11 Å². The van der Waals surface area contributed by atoms with E-state index >= 15 is 0 Å². The molecular weight excluding hydrogens is 282 g/mol. The second kappa shape index (κ2) is 7.94. The number of methoxy groups -OCH3 is 1. The summed E-state index contributed by atoms with van der Waals surface area (Å²) < 4.78 is 5.07. The number of carboxylic acids is 1. The summed E-state index contributed by atoms with van der Waals surface area (Å²) in [6.07, 6.45) is 3.57. The van der Waals surface area contributed by atoms with Crippen molar-refractivity contribution in [2.75, 3.05) is 13.7 Å². The number of ether oxygens (including phenoxy) is 1. The van der Waals surface area contributed by atoms with Crippen LogP contribution in [0.5, 0.6) is 0 Å². The molecular formula is C17H23NO4. The molecule has 1 amide bonds. The van der Waals surface area contributed by atoms with Crippen LogP contribution in [0.25, 0.3) is 0 Å². The molecule has 0 spiro atoms. The molecule has 0 bridgehead atoms. The third-order valence-corrected chi connectivity index (χ3v) is 4.09. The SMILES string of the molecule is COCc1ccc(C(=O)N2CCCC[C@@H]2CCC(=O)O)cc1. The molecule has 1 fully saturated rings. The Morgan fingerprint density at radius 1 is 1.27 bits per heavy atom. The summed E-state index contributed by atoms with van der Waals surface area (Å²) in [5, 5.41) is 8.85. The average molecular weight is 305 g/mol. The molecule has 5 nitrogen and oxygen atoms in total. The maximum atomic E-state index is 12.7. The minimum Gasteiger partial charge on any atom is -0.481 e. The summed E-state index contributed by atoms with van der Waals surface area (Å²) in [6.45, 7) is 1.24. The van der Waals surface area contributed by atoms with Gasteiger partial charge in [-0.05, 0) is 43.4 Å². The molecule has 0 saturated carbocycles. The predicted octanol–water partition coefficient (Wildman–Crippen LogP) is 2.69. The van der Waals surface area contributed by atoms with Crippen molar-refractivity contribution < 1.29 is 19.4 Å². The van der Waals surface area contributed by atoms with Gasteiger partial charge in [-0.1, -0.05) is 12.1 Å². The highest BCUT2D eigenvalue weighted by molar-refractivity contribution is 5.94. The quantitative estimate of drug-likeness (QED) is 0.877. The van der Waals surface area contributed by atoms with E-state index in [1.165, 1.54) is 0 Å². The van der Waals surface area contributed by atoms with E-state index in [0.717, 1.165) is 24.8 Å². The Hall–Kier alpha value is -1.88. The van der Waals surface area contributed by atoms with Gasteiger partial charge in [0.2, 0.25) is 0 Å². The maximum Gasteiger partial charge on any atom is 0.303 e. The minimum atomic E-state index is -0.804. The monoisotopic (exact) mass is 305 g/mol. The number of carbonyl (C=O) groups is 2. The van der Waals surface area contributed by atoms with Crippen molar-refractivity contribution in [3.8, 4) is 0 Å². The average Bonchev–Trinajstić information content (AvgIpc) is 2.53. The summed E-state index contributed by atoms with van der Waals surface area (Å²) in [7, 11) is 1.64. The lowest BCUT2D eigenvalue weighted by atomic mass is 9.96. The van der Waals surface area contributed by atoms with Crippen molar-refractivity contribution in [1.29, 1.82) is 0 Å². The molecule has 0 unspecified atom stereocenters. The number of hydrogen-bond acceptors (Lipinski definition) is 3. The van der Waals surface area contributed by atoms with Gasteiger partial charge in [-0.3, -0.25) is 9.59 Å². The van der Waals surface area contributed by atoms with Crippen LogP contribution in [0.4, 0.5) is 0 Å². The number of hydrogen-bond donors (Lipinski definition) is 1. The highest BCUT2D eigenvalue weighted by Gasteiger charge is 2.27. The molecule has 1 N–H and O–H groups in total. The third kappa shape index (κ3) is 4.31. The zero-order valence-electron chi connectivity index (χ0n) is 13.0. The Labute approximate surface area is 130 Å². The molecule has 5 heteroatoms. The number of rotatable bonds is 6. The lowest BCUT2D eigenvalue weighted by Gasteiger charge is -2.35. The van der Waals surface area contributed by atoms with Crippen molar-refractivity contribution in [3.05, 3.63) is 35.4 Å². The first-order valence-electron chi connectivity index (χ1n) is 7.72. The summed E-state index contributed by atoms with van der Waals surface area (Å²) >= 11 is 0. The molecule has 2 rings (SSSR count). The zero-order chi connectivity index (χ0) is 15.9. The van der Waals surface area contributed by atoms with Crippen molar-refractivity contribution >= 4 is 11.9 Å². The van der Waals surface area contributed by atoms with Gasteiger partial charge in [-0.2, -0.15) is 0 Å². The maximum absolute atomic E-state index is 12.7. The van der Waals surface area contributed by atoms with Gasteiger partial charge >= 0.3 is 5.97 Å². The number of likely N-dealkylation sites (tertiary alicyclic amines) is 1. The van der Waals surface area contributed by atoms with Crippen molar-refractivity contribution in [2.45, 2.75) is 44.8 Å². The van der Waals surface area contributed by atoms with Gasteiger partial charge in [-0.15, -0.1) is 0 Å². The van der Waals surface area contributed by atoms with Gasteiger partial charge in [0.25, 0.3) is 5.91 Å². The molecule has 1 aliphatic rings. The second-order valence-corrected chi connectivity index (χ2v) is 5.71. The zero-order valence-corrected chi connectivity index (χ0v) is 13.0. The van der Waals surface area contributed by atoms with Crippen LogP contribution in [0.3, 0.4) is 0 Å². The molecule has 1 atom stereocenters. The van der Waals surface area contributed by atoms with Crippen molar-refractivity contribution in [1.82, 2.24) is 4.90 Å². The number of piperidine rings is 1. The van der Waals surface area contributed by atoms with Crippen LogP contribution in [-0.4, -0.2) is 41.6 Å². The standard InChI is InChI=1S/C17H23NO4/c1-22-12-13-5-7-14(8-6-13)17(21)18-11-3-2-4-15(18)9-10-16(19)20/h5-8,15H,2-4,9-12H2,1H3,(H,19,20)/t15-/m1/s1. The summed E-state index contributed by atoms with van der Waals surface area (Å²) in [5.41, 5.74) is 1.68. The van der Waals surface area contributed by atoms with E-state index in [4.69, 9.17) is 9.84 Å². The predicted molar refractivity (Wildman–Crippen MR) is 82.7 cm³/mol. The Bertz CT molecular complexity index is 512. The van der Waals surface area contributed by atoms with Crippen LogP contribution < -0.4 is 0 Å². The van der Waals surface area contributed by atoms with E-state index in [0.29, 0.717) is 25.1 Å². The Balaban J connectivity index is 2.05. The molecule has 1 aliphatic heterocycles. The van der Waals surface area contributed by atoms with Gasteiger partial charge in [0.1, 0.15) is 0 Å². The molecule has 0 aromatic heterocycles. The Morgan fingerprint density at radius 3 is 2.64 bits per heavy atom. The number of carbonyl (C=O) groups excluding carboxylic acids is 1.